The van der Waals surface area contributed by atoms with Crippen LogP contribution in [-0.4, -0.2) is 39.5 Å². The lowest BCUT2D eigenvalue weighted by Gasteiger charge is -2.21. The fraction of sp³-hybridized carbons (Fsp3) is 0.615. The number of aromatic nitrogens is 1. The van der Waals surface area contributed by atoms with Crippen molar-refractivity contribution in [2.45, 2.75) is 45.1 Å². The van der Waals surface area contributed by atoms with Gasteiger partial charge in [-0.15, -0.1) is 11.3 Å². The van der Waals surface area contributed by atoms with Crippen LogP contribution in [0.4, 0.5) is 0 Å². The second-order valence-corrected chi connectivity index (χ2v) is 5.86. The number of aliphatic carboxylic acids is 1. The molecule has 1 atom stereocenters. The minimum absolute atomic E-state index is 0.0446. The molecule has 0 spiro atoms. The van der Waals surface area contributed by atoms with E-state index in [0.717, 1.165) is 30.0 Å². The third-order valence-electron chi connectivity index (χ3n) is 3.35. The monoisotopic (exact) mass is 282 g/mol. The van der Waals surface area contributed by atoms with E-state index < -0.39 is 12.0 Å². The van der Waals surface area contributed by atoms with Gasteiger partial charge in [0.2, 0.25) is 5.91 Å². The average molecular weight is 282 g/mol. The number of carbonyl (C=O) groups is 2. The van der Waals surface area contributed by atoms with Crippen LogP contribution in [0.1, 0.15) is 36.4 Å². The molecule has 6 heteroatoms. The average Bonchev–Trinajstić information content (AvgIpc) is 2.97. The van der Waals surface area contributed by atoms with Crippen molar-refractivity contribution in [1.82, 2.24) is 9.88 Å². The first kappa shape index (κ1) is 14.0. The Morgan fingerprint density at radius 1 is 1.58 bits per heavy atom. The van der Waals surface area contributed by atoms with E-state index in [9.17, 15) is 9.59 Å². The van der Waals surface area contributed by atoms with Crippen molar-refractivity contribution >= 4 is 23.2 Å². The molecule has 0 radical (unpaired) electrons. The number of carboxylic acid groups (broad SMARTS) is 1. The number of rotatable bonds is 5. The Hall–Kier alpha value is -1.43. The molecule has 0 aromatic carbocycles. The van der Waals surface area contributed by atoms with Crippen molar-refractivity contribution in [1.29, 1.82) is 0 Å². The van der Waals surface area contributed by atoms with Gasteiger partial charge in [-0.1, -0.05) is 0 Å². The molecule has 0 aliphatic carbocycles. The van der Waals surface area contributed by atoms with Crippen LogP contribution >= 0.6 is 11.3 Å². The first-order valence-corrected chi connectivity index (χ1v) is 7.39. The fourth-order valence-corrected chi connectivity index (χ4v) is 3.06. The lowest BCUT2D eigenvalue weighted by molar-refractivity contribution is -0.148. The van der Waals surface area contributed by atoms with E-state index in [1.807, 2.05) is 12.3 Å². The standard InChI is InChI=1S/C13H18N2O3S/c1-9-14-10(8-19-9)4-2-6-12(16)15-7-3-5-11(15)13(17)18/h8,11H,2-7H2,1H3,(H,17,18)/t11-/m0/s1. The van der Waals surface area contributed by atoms with Crippen LogP contribution in [0, 0.1) is 6.92 Å². The number of thiazole rings is 1. The molecule has 1 aliphatic rings. The summed E-state index contributed by atoms with van der Waals surface area (Å²) in [5, 5.41) is 12.1. The summed E-state index contributed by atoms with van der Waals surface area (Å²) in [4.78, 5) is 28.9. The van der Waals surface area contributed by atoms with Crippen LogP contribution in [0.5, 0.6) is 0 Å². The third-order valence-corrected chi connectivity index (χ3v) is 4.17. The topological polar surface area (TPSA) is 70.5 Å². The lowest BCUT2D eigenvalue weighted by atomic mass is 10.1. The third kappa shape index (κ3) is 3.53. The minimum Gasteiger partial charge on any atom is -0.480 e. The number of amides is 1. The van der Waals surface area contributed by atoms with E-state index in [1.165, 1.54) is 4.90 Å². The Labute approximate surface area is 116 Å². The Kier molecular flexibility index (Phi) is 4.52. The number of carbonyl (C=O) groups excluding carboxylic acids is 1. The van der Waals surface area contributed by atoms with Gasteiger partial charge in [-0.25, -0.2) is 9.78 Å². The predicted molar refractivity (Wildman–Crippen MR) is 72.2 cm³/mol. The fourth-order valence-electron chi connectivity index (χ4n) is 2.41. The molecule has 104 valence electrons. The Bertz CT molecular complexity index is 472. The van der Waals surface area contributed by atoms with Gasteiger partial charge in [0.1, 0.15) is 6.04 Å². The van der Waals surface area contributed by atoms with Gasteiger partial charge in [0.05, 0.1) is 10.7 Å². The maximum Gasteiger partial charge on any atom is 0.326 e. The van der Waals surface area contributed by atoms with E-state index in [2.05, 4.69) is 4.98 Å². The van der Waals surface area contributed by atoms with Crippen molar-refractivity contribution in [2.24, 2.45) is 0 Å². The molecule has 0 saturated carbocycles. The van der Waals surface area contributed by atoms with E-state index in [4.69, 9.17) is 5.11 Å². The van der Waals surface area contributed by atoms with E-state index in [-0.39, 0.29) is 5.91 Å². The van der Waals surface area contributed by atoms with E-state index in [0.29, 0.717) is 19.4 Å². The molecule has 0 unspecified atom stereocenters. The highest BCUT2D eigenvalue weighted by atomic mass is 32.1. The molecule has 5 nitrogen and oxygen atoms in total. The van der Waals surface area contributed by atoms with Gasteiger partial charge >= 0.3 is 5.97 Å². The van der Waals surface area contributed by atoms with Crippen LogP contribution in [0.3, 0.4) is 0 Å². The highest BCUT2D eigenvalue weighted by Crippen LogP contribution is 2.19. The quantitative estimate of drug-likeness (QED) is 0.894. The van der Waals surface area contributed by atoms with Crippen molar-refractivity contribution in [3.05, 3.63) is 16.1 Å². The zero-order valence-corrected chi connectivity index (χ0v) is 11.8. The van der Waals surface area contributed by atoms with Crippen LogP contribution in [0.25, 0.3) is 0 Å². The SMILES string of the molecule is Cc1nc(CCCC(=O)N2CCC[C@H]2C(=O)O)cs1. The zero-order chi connectivity index (χ0) is 13.8. The predicted octanol–water partition coefficient (Wildman–Crippen LogP) is 1.85. The van der Waals surface area contributed by atoms with Crippen molar-refractivity contribution in [3.63, 3.8) is 0 Å². The molecule has 0 bridgehead atoms. The molecular weight excluding hydrogens is 264 g/mol. The summed E-state index contributed by atoms with van der Waals surface area (Å²) in [6, 6.07) is -0.617. The first-order valence-electron chi connectivity index (χ1n) is 6.51. The molecule has 2 rings (SSSR count). The highest BCUT2D eigenvalue weighted by molar-refractivity contribution is 7.09. The van der Waals surface area contributed by atoms with Gasteiger partial charge in [-0.05, 0) is 32.6 Å². The molecule has 1 N–H and O–H groups in total. The smallest absolute Gasteiger partial charge is 0.326 e. The summed E-state index contributed by atoms with van der Waals surface area (Å²) in [7, 11) is 0. The van der Waals surface area contributed by atoms with Gasteiger partial charge < -0.3 is 10.0 Å². The molecule has 19 heavy (non-hydrogen) atoms. The van der Waals surface area contributed by atoms with Crippen molar-refractivity contribution in [3.8, 4) is 0 Å². The molecule has 1 aromatic heterocycles. The molecule has 1 fully saturated rings. The summed E-state index contributed by atoms with van der Waals surface area (Å²) in [6.45, 7) is 2.53. The van der Waals surface area contributed by atoms with Crippen LogP contribution < -0.4 is 0 Å². The number of carboxylic acids is 1. The van der Waals surface area contributed by atoms with Crippen LogP contribution in [0.15, 0.2) is 5.38 Å². The largest absolute Gasteiger partial charge is 0.480 e. The summed E-state index contributed by atoms with van der Waals surface area (Å²) < 4.78 is 0. The number of nitrogens with zero attached hydrogens (tertiary/aromatic N) is 2. The second kappa shape index (κ2) is 6.14. The van der Waals surface area contributed by atoms with Gasteiger partial charge in [0, 0.05) is 18.3 Å². The normalized spacial score (nSPS) is 18.8. The Morgan fingerprint density at radius 2 is 2.37 bits per heavy atom. The highest BCUT2D eigenvalue weighted by Gasteiger charge is 2.33. The van der Waals surface area contributed by atoms with Crippen LogP contribution in [0.2, 0.25) is 0 Å². The number of aryl methyl sites for hydroxylation is 2. The lowest BCUT2D eigenvalue weighted by Crippen LogP contribution is -2.40. The number of likely N-dealkylation sites (tertiary alicyclic amines) is 1. The number of hydrogen-bond donors (Lipinski definition) is 1. The van der Waals surface area contributed by atoms with Crippen LogP contribution in [-0.2, 0) is 16.0 Å². The Balaban J connectivity index is 1.79. The first-order chi connectivity index (χ1) is 9.08. The van der Waals surface area contributed by atoms with E-state index in [1.54, 1.807) is 11.3 Å². The summed E-state index contributed by atoms with van der Waals surface area (Å²) >= 11 is 1.61. The summed E-state index contributed by atoms with van der Waals surface area (Å²) in [5.41, 5.74) is 1.02. The maximum atomic E-state index is 12.0. The Morgan fingerprint density at radius 3 is 3.00 bits per heavy atom. The molecule has 2 heterocycles. The number of hydrogen-bond acceptors (Lipinski definition) is 4. The van der Waals surface area contributed by atoms with Gasteiger partial charge in [-0.2, -0.15) is 0 Å². The van der Waals surface area contributed by atoms with Gasteiger partial charge in [0.25, 0.3) is 0 Å². The summed E-state index contributed by atoms with van der Waals surface area (Å²) in [6.07, 6.45) is 3.27. The molecular formula is C13H18N2O3S. The van der Waals surface area contributed by atoms with Gasteiger partial charge in [-0.3, -0.25) is 4.79 Å². The van der Waals surface area contributed by atoms with Gasteiger partial charge in [0.15, 0.2) is 0 Å². The molecule has 1 saturated heterocycles. The maximum absolute atomic E-state index is 12.0. The summed E-state index contributed by atoms with van der Waals surface area (Å²) in [5.74, 6) is -0.933. The van der Waals surface area contributed by atoms with Crippen molar-refractivity contribution in [2.75, 3.05) is 6.54 Å². The second-order valence-electron chi connectivity index (χ2n) is 4.79. The van der Waals surface area contributed by atoms with E-state index >= 15 is 0 Å². The minimum atomic E-state index is -0.888. The molecule has 1 amide bonds. The molecule has 1 aliphatic heterocycles. The van der Waals surface area contributed by atoms with Crippen molar-refractivity contribution < 1.29 is 14.7 Å². The zero-order valence-electron chi connectivity index (χ0n) is 11.0. The molecule has 1 aromatic rings.